The predicted molar refractivity (Wildman–Crippen MR) is 98.4 cm³/mol. The van der Waals surface area contributed by atoms with Crippen LogP contribution < -0.4 is 10.1 Å². The lowest BCUT2D eigenvalue weighted by molar-refractivity contribution is 0.266. The zero-order valence-electron chi connectivity index (χ0n) is 12.8. The van der Waals surface area contributed by atoms with Crippen LogP contribution in [0.1, 0.15) is 4.88 Å². The first-order valence-electron chi connectivity index (χ1n) is 7.36. The van der Waals surface area contributed by atoms with Crippen molar-refractivity contribution >= 4 is 34.9 Å². The summed E-state index contributed by atoms with van der Waals surface area (Å²) in [7, 11) is 0. The number of fused-ring (bicyclic) bond motifs is 3. The van der Waals surface area contributed by atoms with Crippen molar-refractivity contribution in [2.45, 2.75) is 11.4 Å². The monoisotopic (exact) mass is 354 g/mol. The van der Waals surface area contributed by atoms with Gasteiger partial charge in [0.1, 0.15) is 0 Å². The van der Waals surface area contributed by atoms with Gasteiger partial charge in [-0.1, -0.05) is 36.0 Å². The highest BCUT2D eigenvalue weighted by atomic mass is 32.2. The number of thioether (sulfide) groups is 1. The Bertz CT molecular complexity index is 880. The minimum atomic E-state index is -0.332. The summed E-state index contributed by atoms with van der Waals surface area (Å²) < 4.78 is 6.06. The maximum Gasteiger partial charge on any atom is 0.247 e. The van der Waals surface area contributed by atoms with Crippen molar-refractivity contribution in [3.8, 4) is 17.1 Å². The Labute approximate surface area is 147 Å². The van der Waals surface area contributed by atoms with Gasteiger partial charge < -0.3 is 10.1 Å². The summed E-state index contributed by atoms with van der Waals surface area (Å²) in [6, 6.07) is 12.0. The third kappa shape index (κ3) is 3.00. The van der Waals surface area contributed by atoms with Crippen molar-refractivity contribution < 1.29 is 4.74 Å². The van der Waals surface area contributed by atoms with Gasteiger partial charge in [0.2, 0.25) is 11.0 Å². The number of nitrogens with zero attached hydrogens (tertiary/aromatic N) is 3. The fraction of sp³-hybridized carbons (Fsp3) is 0.118. The number of ether oxygens (including phenoxy) is 1. The molecule has 0 aliphatic carbocycles. The zero-order valence-corrected chi connectivity index (χ0v) is 14.5. The molecule has 0 bridgehead atoms. The molecule has 0 saturated heterocycles. The first kappa shape index (κ1) is 15.2. The van der Waals surface area contributed by atoms with E-state index in [4.69, 9.17) is 4.74 Å². The van der Waals surface area contributed by atoms with Gasteiger partial charge in [-0.25, -0.2) is 0 Å². The molecule has 0 unspecified atom stereocenters. The minimum Gasteiger partial charge on any atom is -0.448 e. The Morgan fingerprint density at radius 1 is 1.21 bits per heavy atom. The second-order valence-corrected chi connectivity index (χ2v) is 6.81. The summed E-state index contributed by atoms with van der Waals surface area (Å²) >= 11 is 3.12. The van der Waals surface area contributed by atoms with Crippen molar-refractivity contribution in [3.05, 3.63) is 52.7 Å². The maximum atomic E-state index is 6.06. The highest BCUT2D eigenvalue weighted by molar-refractivity contribution is 7.98. The van der Waals surface area contributed by atoms with Crippen LogP contribution in [0.25, 0.3) is 17.3 Å². The van der Waals surface area contributed by atoms with Gasteiger partial charge in [0.15, 0.2) is 11.9 Å². The molecule has 0 radical (unpaired) electrons. The van der Waals surface area contributed by atoms with E-state index in [0.717, 1.165) is 11.3 Å². The fourth-order valence-electron chi connectivity index (χ4n) is 2.41. The number of hydrogen-bond acceptors (Lipinski definition) is 7. The van der Waals surface area contributed by atoms with E-state index >= 15 is 0 Å². The quantitative estimate of drug-likeness (QED) is 0.713. The number of hydrogen-bond donors (Lipinski definition) is 1. The van der Waals surface area contributed by atoms with Crippen LogP contribution in [-0.4, -0.2) is 27.7 Å². The van der Waals surface area contributed by atoms with E-state index in [2.05, 4.69) is 26.6 Å². The van der Waals surface area contributed by atoms with Crippen molar-refractivity contribution in [1.82, 2.24) is 15.2 Å². The summed E-state index contributed by atoms with van der Waals surface area (Å²) in [5, 5.41) is 14.5. The van der Waals surface area contributed by atoms with Crippen LogP contribution in [0.2, 0.25) is 0 Å². The van der Waals surface area contributed by atoms with Gasteiger partial charge in [-0.2, -0.15) is 4.98 Å². The number of benzene rings is 1. The minimum absolute atomic E-state index is 0.332. The fourth-order valence-corrected chi connectivity index (χ4v) is 3.33. The molecule has 1 aliphatic rings. The molecule has 2 aromatic heterocycles. The molecule has 0 spiro atoms. The van der Waals surface area contributed by atoms with Gasteiger partial charge in [0.05, 0.1) is 0 Å². The molecule has 0 saturated carbocycles. The van der Waals surface area contributed by atoms with Crippen LogP contribution in [-0.2, 0) is 0 Å². The maximum absolute atomic E-state index is 6.06. The Balaban J connectivity index is 1.75. The Hall–Kier alpha value is -2.38. The first-order valence-corrected chi connectivity index (χ1v) is 9.47. The molecule has 1 aliphatic heterocycles. The topological polar surface area (TPSA) is 59.9 Å². The number of nitrogens with one attached hydrogen (secondary N) is 1. The summed E-state index contributed by atoms with van der Waals surface area (Å²) in [5.41, 5.74) is 2.54. The second-order valence-electron chi connectivity index (χ2n) is 5.06. The van der Waals surface area contributed by atoms with Crippen LogP contribution in [0.15, 0.2) is 53.0 Å². The van der Waals surface area contributed by atoms with Crippen LogP contribution in [0.3, 0.4) is 0 Å². The highest BCUT2D eigenvalue weighted by Gasteiger charge is 2.23. The summed E-state index contributed by atoms with van der Waals surface area (Å²) in [6.07, 6.45) is 5.61. The van der Waals surface area contributed by atoms with Crippen LogP contribution in [0.4, 0.5) is 5.69 Å². The van der Waals surface area contributed by atoms with Gasteiger partial charge in [-0.15, -0.1) is 21.5 Å². The second kappa shape index (κ2) is 6.62. The lowest BCUT2D eigenvalue weighted by atomic mass is 10.1. The molecular formula is C17H14N4OS2. The summed E-state index contributed by atoms with van der Waals surface area (Å²) in [6.45, 7) is 0. The predicted octanol–water partition coefficient (Wildman–Crippen LogP) is 4.17. The molecule has 0 amide bonds. The molecule has 3 heterocycles. The average molecular weight is 354 g/mol. The van der Waals surface area contributed by atoms with Crippen molar-refractivity contribution in [2.75, 3.05) is 11.6 Å². The van der Waals surface area contributed by atoms with Crippen LogP contribution in [0.5, 0.6) is 5.88 Å². The Kier molecular flexibility index (Phi) is 4.18. The van der Waals surface area contributed by atoms with Gasteiger partial charge in [0.25, 0.3) is 0 Å². The van der Waals surface area contributed by atoms with Gasteiger partial charge in [-0.05, 0) is 35.9 Å². The van der Waals surface area contributed by atoms with Gasteiger partial charge in [-0.3, -0.25) is 0 Å². The number of para-hydroxylation sites is 1. The number of thiophene rings is 1. The highest BCUT2D eigenvalue weighted by Crippen LogP contribution is 2.36. The van der Waals surface area contributed by atoms with Gasteiger partial charge in [0, 0.05) is 16.1 Å². The van der Waals surface area contributed by atoms with E-state index in [1.165, 1.54) is 16.6 Å². The van der Waals surface area contributed by atoms with Crippen molar-refractivity contribution in [2.24, 2.45) is 0 Å². The molecule has 24 heavy (non-hydrogen) atoms. The van der Waals surface area contributed by atoms with Gasteiger partial charge >= 0.3 is 0 Å². The third-order valence-electron chi connectivity index (χ3n) is 3.51. The molecular weight excluding hydrogens is 340 g/mol. The molecule has 1 N–H and O–H groups in total. The first-order chi connectivity index (χ1) is 11.8. The molecule has 4 rings (SSSR count). The zero-order chi connectivity index (χ0) is 16.4. The lowest BCUT2D eigenvalue weighted by Gasteiger charge is -2.15. The van der Waals surface area contributed by atoms with Crippen LogP contribution >= 0.6 is 23.1 Å². The largest absolute Gasteiger partial charge is 0.448 e. The third-order valence-corrected chi connectivity index (χ3v) is 4.89. The van der Waals surface area contributed by atoms with E-state index in [1.54, 1.807) is 11.3 Å². The molecule has 3 aromatic rings. The summed E-state index contributed by atoms with van der Waals surface area (Å²) in [5.74, 6) is 0.493. The average Bonchev–Trinajstić information content (AvgIpc) is 3.08. The Morgan fingerprint density at radius 3 is 2.96 bits per heavy atom. The Morgan fingerprint density at radius 2 is 2.12 bits per heavy atom. The van der Waals surface area contributed by atoms with Crippen LogP contribution in [0, 0.1) is 0 Å². The lowest BCUT2D eigenvalue weighted by Crippen LogP contribution is -2.23. The molecule has 120 valence electrons. The van der Waals surface area contributed by atoms with E-state index in [0.29, 0.717) is 16.7 Å². The smallest absolute Gasteiger partial charge is 0.247 e. The SMILES string of the molecule is CSc1nnc2c(n1)O[C@H](/C=C\c1cccs1)Nc1ccccc1-2. The molecule has 5 nitrogen and oxygen atoms in total. The summed E-state index contributed by atoms with van der Waals surface area (Å²) in [4.78, 5) is 5.65. The molecule has 0 fully saturated rings. The number of anilines is 1. The number of aromatic nitrogens is 3. The molecule has 1 atom stereocenters. The van der Waals surface area contributed by atoms with Crippen molar-refractivity contribution in [3.63, 3.8) is 0 Å². The molecule has 1 aromatic carbocycles. The van der Waals surface area contributed by atoms with E-state index in [1.807, 2.05) is 54.1 Å². The number of rotatable bonds is 3. The van der Waals surface area contributed by atoms with E-state index in [9.17, 15) is 0 Å². The standard InChI is InChI=1S/C17H14N4OS2/c1-23-17-19-16-15(20-21-17)12-6-2-3-7-13(12)18-14(22-16)9-8-11-5-4-10-24-11/h2-10,14,18H,1H3/b9-8-/t14-/m1/s1. The van der Waals surface area contributed by atoms with E-state index < -0.39 is 0 Å². The van der Waals surface area contributed by atoms with E-state index in [-0.39, 0.29) is 6.23 Å². The normalized spacial score (nSPS) is 16.0. The van der Waals surface area contributed by atoms with Crippen molar-refractivity contribution in [1.29, 1.82) is 0 Å². The molecule has 7 heteroatoms.